The fourth-order valence-electron chi connectivity index (χ4n) is 4.16. The van der Waals surface area contributed by atoms with E-state index in [0.29, 0.717) is 12.0 Å². The van der Waals surface area contributed by atoms with Crippen molar-refractivity contribution >= 4 is 0 Å². The number of aryl methyl sites for hydroxylation is 1. The first kappa shape index (κ1) is 13.1. The van der Waals surface area contributed by atoms with Gasteiger partial charge in [-0.3, -0.25) is 11.3 Å². The van der Waals surface area contributed by atoms with Gasteiger partial charge in [-0.2, -0.15) is 0 Å². The van der Waals surface area contributed by atoms with Crippen LogP contribution in [0.25, 0.3) is 0 Å². The molecule has 0 saturated heterocycles. The number of benzene rings is 1. The molecule has 0 spiro atoms. The van der Waals surface area contributed by atoms with Crippen LogP contribution in [0.3, 0.4) is 0 Å². The molecule has 19 heavy (non-hydrogen) atoms. The van der Waals surface area contributed by atoms with Gasteiger partial charge in [0.15, 0.2) is 0 Å². The number of fused-ring (bicyclic) bond motifs is 1. The summed E-state index contributed by atoms with van der Waals surface area (Å²) in [7, 11) is 0. The summed E-state index contributed by atoms with van der Waals surface area (Å²) in [6.07, 6.45) is 10.7. The third-order valence-electron chi connectivity index (χ3n) is 5.22. The molecule has 2 aliphatic rings. The Bertz CT molecular complexity index is 409. The van der Waals surface area contributed by atoms with Crippen LogP contribution in [0.2, 0.25) is 0 Å². The van der Waals surface area contributed by atoms with E-state index in [1.165, 1.54) is 51.4 Å². The lowest BCUT2D eigenvalue weighted by atomic mass is 9.77. The summed E-state index contributed by atoms with van der Waals surface area (Å²) in [6.45, 7) is 0. The second kappa shape index (κ2) is 6.06. The Labute approximate surface area is 116 Å². The summed E-state index contributed by atoms with van der Waals surface area (Å²) in [5.41, 5.74) is 6.28. The Balaban J connectivity index is 1.72. The van der Waals surface area contributed by atoms with Crippen molar-refractivity contribution in [2.24, 2.45) is 11.8 Å². The first-order chi connectivity index (χ1) is 9.38. The van der Waals surface area contributed by atoms with Crippen molar-refractivity contribution in [3.05, 3.63) is 35.4 Å². The fourth-order valence-corrected chi connectivity index (χ4v) is 4.16. The molecule has 2 heteroatoms. The molecule has 0 bridgehead atoms. The standard InChI is InChI=1S/C17H26N2/c18-19-17(14-7-1-2-8-14)12-15-10-5-9-13-6-3-4-11-16(13)15/h3-4,6,11,14-15,17,19H,1-2,5,7-10,12,18H2. The number of nitrogens with one attached hydrogen (secondary N) is 1. The highest BCUT2D eigenvalue weighted by molar-refractivity contribution is 5.32. The van der Waals surface area contributed by atoms with Gasteiger partial charge in [0, 0.05) is 6.04 Å². The van der Waals surface area contributed by atoms with Crippen LogP contribution >= 0.6 is 0 Å². The summed E-state index contributed by atoms with van der Waals surface area (Å²) < 4.78 is 0. The maximum atomic E-state index is 5.84. The largest absolute Gasteiger partial charge is 0.271 e. The minimum Gasteiger partial charge on any atom is -0.271 e. The van der Waals surface area contributed by atoms with Crippen LogP contribution in [0, 0.1) is 5.92 Å². The maximum absolute atomic E-state index is 5.84. The highest BCUT2D eigenvalue weighted by Gasteiger charge is 2.29. The molecule has 2 unspecified atom stereocenters. The summed E-state index contributed by atoms with van der Waals surface area (Å²) in [5, 5.41) is 0. The number of hydrogen-bond donors (Lipinski definition) is 2. The van der Waals surface area contributed by atoms with Crippen molar-refractivity contribution in [2.75, 3.05) is 0 Å². The Morgan fingerprint density at radius 3 is 2.68 bits per heavy atom. The van der Waals surface area contributed by atoms with E-state index in [-0.39, 0.29) is 0 Å². The lowest BCUT2D eigenvalue weighted by molar-refractivity contribution is 0.313. The van der Waals surface area contributed by atoms with E-state index >= 15 is 0 Å². The Morgan fingerprint density at radius 1 is 1.11 bits per heavy atom. The molecular formula is C17H26N2. The minimum absolute atomic E-state index is 0.513. The Kier molecular flexibility index (Phi) is 4.19. The maximum Gasteiger partial charge on any atom is 0.0244 e. The molecule has 0 amide bonds. The van der Waals surface area contributed by atoms with Crippen LogP contribution in [-0.2, 0) is 6.42 Å². The van der Waals surface area contributed by atoms with Gasteiger partial charge in [0.1, 0.15) is 0 Å². The average Bonchev–Trinajstić information content (AvgIpc) is 2.99. The molecule has 3 rings (SSSR count). The van der Waals surface area contributed by atoms with Crippen molar-refractivity contribution in [2.45, 2.75) is 63.3 Å². The molecule has 104 valence electrons. The molecule has 1 fully saturated rings. The van der Waals surface area contributed by atoms with Crippen molar-refractivity contribution < 1.29 is 0 Å². The normalized spacial score (nSPS) is 25.2. The van der Waals surface area contributed by atoms with Crippen LogP contribution in [0.15, 0.2) is 24.3 Å². The van der Waals surface area contributed by atoms with E-state index in [1.807, 2.05) is 0 Å². The van der Waals surface area contributed by atoms with Gasteiger partial charge < -0.3 is 0 Å². The van der Waals surface area contributed by atoms with Crippen molar-refractivity contribution in [3.8, 4) is 0 Å². The monoisotopic (exact) mass is 258 g/mol. The highest BCUT2D eigenvalue weighted by Crippen LogP contribution is 2.38. The van der Waals surface area contributed by atoms with Gasteiger partial charge in [-0.05, 0) is 61.5 Å². The molecule has 2 atom stereocenters. The summed E-state index contributed by atoms with van der Waals surface area (Å²) in [5.74, 6) is 7.36. The van der Waals surface area contributed by atoms with E-state index in [2.05, 4.69) is 29.7 Å². The number of hydrogen-bond acceptors (Lipinski definition) is 2. The average molecular weight is 258 g/mol. The molecule has 0 radical (unpaired) electrons. The van der Waals surface area contributed by atoms with E-state index < -0.39 is 0 Å². The van der Waals surface area contributed by atoms with Gasteiger partial charge >= 0.3 is 0 Å². The van der Waals surface area contributed by atoms with Gasteiger partial charge in [0.05, 0.1) is 0 Å². The highest BCUT2D eigenvalue weighted by atomic mass is 15.2. The van der Waals surface area contributed by atoms with E-state index in [1.54, 1.807) is 11.1 Å². The number of rotatable bonds is 4. The van der Waals surface area contributed by atoms with E-state index in [4.69, 9.17) is 5.84 Å². The van der Waals surface area contributed by atoms with Crippen molar-refractivity contribution in [1.82, 2.24) is 5.43 Å². The first-order valence-corrected chi connectivity index (χ1v) is 7.92. The summed E-state index contributed by atoms with van der Waals surface area (Å²) in [6, 6.07) is 9.52. The Hall–Kier alpha value is -0.860. The van der Waals surface area contributed by atoms with E-state index in [0.717, 1.165) is 5.92 Å². The molecule has 2 aliphatic carbocycles. The van der Waals surface area contributed by atoms with Crippen LogP contribution < -0.4 is 11.3 Å². The predicted molar refractivity (Wildman–Crippen MR) is 79.8 cm³/mol. The fraction of sp³-hybridized carbons (Fsp3) is 0.647. The topological polar surface area (TPSA) is 38.0 Å². The van der Waals surface area contributed by atoms with Crippen LogP contribution in [0.4, 0.5) is 0 Å². The number of hydrazine groups is 1. The molecule has 3 N–H and O–H groups in total. The van der Waals surface area contributed by atoms with Gasteiger partial charge in [0.25, 0.3) is 0 Å². The first-order valence-electron chi connectivity index (χ1n) is 7.92. The van der Waals surface area contributed by atoms with Crippen molar-refractivity contribution in [1.29, 1.82) is 0 Å². The zero-order valence-electron chi connectivity index (χ0n) is 11.8. The molecule has 1 aromatic carbocycles. The third-order valence-corrected chi connectivity index (χ3v) is 5.22. The van der Waals surface area contributed by atoms with Crippen LogP contribution in [0.1, 0.15) is 62.0 Å². The van der Waals surface area contributed by atoms with Crippen LogP contribution in [-0.4, -0.2) is 6.04 Å². The van der Waals surface area contributed by atoms with Gasteiger partial charge in [0.2, 0.25) is 0 Å². The van der Waals surface area contributed by atoms with Gasteiger partial charge in [-0.15, -0.1) is 0 Å². The molecule has 0 aliphatic heterocycles. The van der Waals surface area contributed by atoms with Gasteiger partial charge in [-0.1, -0.05) is 37.1 Å². The van der Waals surface area contributed by atoms with Crippen molar-refractivity contribution in [3.63, 3.8) is 0 Å². The van der Waals surface area contributed by atoms with E-state index in [9.17, 15) is 0 Å². The lowest BCUT2D eigenvalue weighted by Crippen LogP contribution is -2.41. The quantitative estimate of drug-likeness (QED) is 0.640. The zero-order chi connectivity index (χ0) is 13.1. The second-order valence-electron chi connectivity index (χ2n) is 6.34. The molecule has 0 heterocycles. The van der Waals surface area contributed by atoms with Gasteiger partial charge in [-0.25, -0.2) is 0 Å². The SMILES string of the molecule is NNC(CC1CCCc2ccccc21)C1CCCC1. The minimum atomic E-state index is 0.513. The summed E-state index contributed by atoms with van der Waals surface area (Å²) in [4.78, 5) is 0. The number of nitrogens with two attached hydrogens (primary N) is 1. The molecule has 1 saturated carbocycles. The molecular weight excluding hydrogens is 232 g/mol. The summed E-state index contributed by atoms with van der Waals surface area (Å²) >= 11 is 0. The molecule has 1 aromatic rings. The third kappa shape index (κ3) is 2.85. The Morgan fingerprint density at radius 2 is 1.89 bits per heavy atom. The lowest BCUT2D eigenvalue weighted by Gasteiger charge is -2.31. The predicted octanol–water partition coefficient (Wildman–Crippen LogP) is 3.52. The molecule has 2 nitrogen and oxygen atoms in total. The smallest absolute Gasteiger partial charge is 0.0244 e. The second-order valence-corrected chi connectivity index (χ2v) is 6.34. The molecule has 0 aromatic heterocycles. The van der Waals surface area contributed by atoms with Crippen LogP contribution in [0.5, 0.6) is 0 Å². The zero-order valence-corrected chi connectivity index (χ0v) is 11.8.